The lowest BCUT2D eigenvalue weighted by Gasteiger charge is -2.37. The molecule has 3 saturated heterocycles. The fraction of sp³-hybridized carbons (Fsp3) is 0.367. The van der Waals surface area contributed by atoms with Crippen LogP contribution in [-0.4, -0.2) is 216 Å². The molecule has 0 atom stereocenters. The van der Waals surface area contributed by atoms with E-state index in [4.69, 9.17) is 56.8 Å². The summed E-state index contributed by atoms with van der Waals surface area (Å²) in [6, 6.07) is 43.1. The number of hydrogen-bond acceptors (Lipinski definition) is 23. The Kier molecular flexibility index (Phi) is 35.2. The molecule has 6 aliphatic rings. The number of benzene rings is 9. The van der Waals surface area contributed by atoms with E-state index in [2.05, 4.69) is 31.8 Å². The Balaban J connectivity index is 0.000000168. The Hall–Kier alpha value is -13.1. The zero-order valence-electron chi connectivity index (χ0n) is 79.4. The molecule has 3 aromatic heterocycles. The predicted molar refractivity (Wildman–Crippen MR) is 511 cm³/mol. The molecule has 0 radical (unpaired) electrons. The highest BCUT2D eigenvalue weighted by atomic mass is 35.5. The molecule has 3 aliphatic heterocycles. The van der Waals surface area contributed by atoms with Gasteiger partial charge in [-0.3, -0.25) is 53.5 Å². The number of ketones is 6. The summed E-state index contributed by atoms with van der Waals surface area (Å²) in [5, 5.41) is 1.84. The Labute approximate surface area is 823 Å². The van der Waals surface area contributed by atoms with Crippen molar-refractivity contribution in [2.75, 3.05) is 147 Å². The van der Waals surface area contributed by atoms with E-state index < -0.39 is 45.3 Å². The van der Waals surface area contributed by atoms with Crippen molar-refractivity contribution in [3.8, 4) is 69.0 Å². The number of nitrogens with zero attached hydrogens (tertiary/aromatic N) is 6. The molecule has 2 N–H and O–H groups in total. The number of ether oxygens (including phenoxy) is 12. The number of pyridine rings is 3. The number of likely N-dealkylation sites (N-methyl/N-ethyl adjacent to an activating group) is 1. The number of halogens is 8. The molecule has 9 aromatic carbocycles. The zero-order valence-corrected chi connectivity index (χ0v) is 80.1. The van der Waals surface area contributed by atoms with Crippen LogP contribution in [0.25, 0.3) is 32.7 Å². The van der Waals surface area contributed by atoms with Crippen molar-refractivity contribution in [3.63, 3.8) is 0 Å². The molecule has 6 heterocycles. The second-order valence-electron chi connectivity index (χ2n) is 36.4. The van der Waals surface area contributed by atoms with Gasteiger partial charge in [-0.1, -0.05) is 48.5 Å². The molecule has 142 heavy (non-hydrogen) atoms. The molecule has 18 rings (SSSR count). The average molecular weight is 1980 g/mol. The first-order valence-corrected chi connectivity index (χ1v) is 47.1. The normalized spacial score (nSPS) is 15.8. The molecule has 0 bridgehead atoms. The minimum atomic E-state index is -1.18. The fourth-order valence-electron chi connectivity index (χ4n) is 17.8. The van der Waals surface area contributed by atoms with Crippen LogP contribution in [0.15, 0.2) is 195 Å². The third kappa shape index (κ3) is 26.1. The van der Waals surface area contributed by atoms with Crippen LogP contribution in [0.3, 0.4) is 0 Å². The first-order valence-electron chi connectivity index (χ1n) is 47.1. The number of quaternary nitrogens is 1. The van der Waals surface area contributed by atoms with Crippen LogP contribution in [-0.2, 0) is 81.5 Å². The molecule has 0 unspecified atom stereocenters. The summed E-state index contributed by atoms with van der Waals surface area (Å²) in [6.45, 7) is 14.6. The van der Waals surface area contributed by atoms with Gasteiger partial charge in [0.15, 0.2) is 116 Å². The summed E-state index contributed by atoms with van der Waals surface area (Å²) in [7, 11) is 6.89. The Morgan fingerprint density at radius 3 is 0.923 bits per heavy atom. The molecule has 748 valence electrons. The van der Waals surface area contributed by atoms with Gasteiger partial charge >= 0.3 is 0 Å². The first-order chi connectivity index (χ1) is 67.8. The second kappa shape index (κ2) is 47.7. The standard InChI is InChI=1S/C37H38F3N2O6.2C36H36F2N2O6.ClH.H2O/c1-42(13-16-46-17-14-42)12-3-15-47-34-23-30-26(22-33(34)45-2)31(8-11-41-30)48-32-7-5-25(19-29(32)40)21-36(44)37(9-10-37)35(43)20-24-4-6-27(38)28(39)18-24;2*1-43-32-22-27-29(23-33(32)45-16-2-13-40-14-17-44-18-15-40)39-12-9-30(27)46-31-8-5-25(19-28(31)38)21-35(42)36(10-11-36)34(41)20-24-3-6-26(37)7-4-24;;/h4-8,11,18-19,22-23H,3,9-10,12-17,20-21H2,1-2H3;2*3-9,12,19,22-23H,2,10-11,13-18,20-21H2,1H3;1H;1H2/q+1;;;;/p-1. The number of methoxy groups -OCH3 is 3. The number of fused-ring (bicyclic) bond motifs is 3. The summed E-state index contributed by atoms with van der Waals surface area (Å²) in [5.41, 5.74) is 1.39. The van der Waals surface area contributed by atoms with Crippen molar-refractivity contribution in [1.29, 1.82) is 0 Å². The van der Waals surface area contributed by atoms with Gasteiger partial charge in [0.05, 0.1) is 127 Å². The minimum Gasteiger partial charge on any atom is -1.00 e. The van der Waals surface area contributed by atoms with Gasteiger partial charge in [0.25, 0.3) is 0 Å². The molecular weight excluding hydrogens is 1870 g/mol. The fourth-order valence-corrected chi connectivity index (χ4v) is 17.8. The molecule has 33 heteroatoms. The number of carbonyl (C=O) groups excluding carboxylic acids is 6. The minimum absolute atomic E-state index is 0. The third-order valence-electron chi connectivity index (χ3n) is 26.7. The van der Waals surface area contributed by atoms with Crippen LogP contribution in [0.2, 0.25) is 0 Å². The number of carbonyl (C=O) groups is 6. The van der Waals surface area contributed by atoms with E-state index in [0.29, 0.717) is 176 Å². The van der Waals surface area contributed by atoms with Crippen molar-refractivity contribution < 1.29 is 139 Å². The van der Waals surface area contributed by atoms with Crippen molar-refractivity contribution in [2.24, 2.45) is 16.2 Å². The molecule has 0 amide bonds. The van der Waals surface area contributed by atoms with Gasteiger partial charge in [0.2, 0.25) is 0 Å². The second-order valence-corrected chi connectivity index (χ2v) is 36.4. The summed E-state index contributed by atoms with van der Waals surface area (Å²) >= 11 is 0. The van der Waals surface area contributed by atoms with Gasteiger partial charge in [0.1, 0.15) is 42.0 Å². The zero-order chi connectivity index (χ0) is 98.1. The van der Waals surface area contributed by atoms with Crippen molar-refractivity contribution in [1.82, 2.24) is 24.8 Å². The van der Waals surface area contributed by atoms with Crippen molar-refractivity contribution in [2.45, 2.75) is 96.3 Å². The Morgan fingerprint density at radius 1 is 0.331 bits per heavy atom. The highest BCUT2D eigenvalue weighted by molar-refractivity contribution is 6.12. The monoisotopic (exact) mass is 1980 g/mol. The summed E-state index contributed by atoms with van der Waals surface area (Å²) in [5.74, 6) is -2.06. The average Bonchev–Trinajstić information content (AvgIpc) is 1.62. The van der Waals surface area contributed by atoms with Gasteiger partial charge < -0.3 is 79.2 Å². The van der Waals surface area contributed by atoms with Crippen LogP contribution in [0, 0.1) is 57.0 Å². The highest BCUT2D eigenvalue weighted by Crippen LogP contribution is 2.52. The predicted octanol–water partition coefficient (Wildman–Crippen LogP) is 14.8. The summed E-state index contributed by atoms with van der Waals surface area (Å²) < 4.78 is 169. The summed E-state index contributed by atoms with van der Waals surface area (Å²) in [4.78, 5) is 96.6. The lowest BCUT2D eigenvalue weighted by Crippen LogP contribution is -3.00. The summed E-state index contributed by atoms with van der Waals surface area (Å²) in [6.07, 6.45) is 9.55. The van der Waals surface area contributed by atoms with Crippen molar-refractivity contribution in [3.05, 3.63) is 269 Å². The maximum Gasteiger partial charge on any atom is 0.166 e. The van der Waals surface area contributed by atoms with E-state index in [-0.39, 0.29) is 120 Å². The lowest BCUT2D eigenvalue weighted by atomic mass is 9.88. The van der Waals surface area contributed by atoms with Crippen LogP contribution in [0.4, 0.5) is 30.7 Å². The van der Waals surface area contributed by atoms with E-state index in [1.54, 1.807) is 137 Å². The Morgan fingerprint density at radius 2 is 0.620 bits per heavy atom. The van der Waals surface area contributed by atoms with Gasteiger partial charge in [0, 0.05) is 137 Å². The number of aromatic nitrogens is 3. The highest BCUT2D eigenvalue weighted by Gasteiger charge is 2.57. The molecule has 3 saturated carbocycles. The van der Waals surface area contributed by atoms with E-state index in [0.717, 1.165) is 134 Å². The van der Waals surface area contributed by atoms with Crippen LogP contribution >= 0.6 is 0 Å². The van der Waals surface area contributed by atoms with E-state index >= 15 is 13.2 Å². The molecule has 12 aromatic rings. The molecule has 0 spiro atoms. The van der Waals surface area contributed by atoms with E-state index in [1.807, 2.05) is 0 Å². The molecule has 3 aliphatic carbocycles. The largest absolute Gasteiger partial charge is 1.00 e. The number of morpholine rings is 3. The number of hydrogen-bond donors (Lipinski definition) is 0. The van der Waals surface area contributed by atoms with Crippen LogP contribution in [0.5, 0.6) is 69.0 Å². The first kappa shape index (κ1) is 105. The van der Waals surface area contributed by atoms with Crippen molar-refractivity contribution >= 4 is 67.4 Å². The molecular formula is C109H112ClF7N6O19. The van der Waals surface area contributed by atoms with E-state index in [9.17, 15) is 46.3 Å². The topological polar surface area (TPSA) is 290 Å². The van der Waals surface area contributed by atoms with Gasteiger partial charge in [-0.15, -0.1) is 0 Å². The maximum absolute atomic E-state index is 15.3. The molecule has 25 nitrogen and oxygen atoms in total. The lowest BCUT2D eigenvalue weighted by molar-refractivity contribution is -0.917. The van der Waals surface area contributed by atoms with Crippen LogP contribution < -0.4 is 55.0 Å². The smallest absolute Gasteiger partial charge is 0.166 e. The quantitative estimate of drug-likeness (QED) is 0.0149. The SMILES string of the molecule is COc1cc2c(Oc3ccc(CC(=O)C4(C(=O)Cc5ccc(F)c(F)c5)CC4)cc3F)ccnc2cc1OCCC[N+]1(C)CCOCC1.COc1cc2c(Oc3ccc(CC(=O)C4(C(=O)Cc5ccc(F)cc5)CC4)cc3F)ccnc2cc1OCCCN1CCOCC1.COc1cc2c(Oc3ccc(CC(=O)C4(C(=O)Cc5ccc(F)cc5)CC4)cc3F)ccnc2cc1OCCCN1CCOCC1.O.[Cl-]. The third-order valence-corrected chi connectivity index (χ3v) is 26.7. The van der Waals surface area contributed by atoms with Gasteiger partial charge in [-0.25, -0.2) is 30.7 Å². The maximum atomic E-state index is 15.3. The van der Waals surface area contributed by atoms with Gasteiger partial charge in [-0.05, 0) is 194 Å². The Bertz CT molecular complexity index is 6260. The number of Topliss-reactive ketones (excluding diaryl/α,β-unsaturated/α-hetero) is 6. The molecule has 6 fully saturated rings. The van der Waals surface area contributed by atoms with Gasteiger partial charge in [-0.2, -0.15) is 0 Å². The van der Waals surface area contributed by atoms with E-state index in [1.165, 1.54) is 66.7 Å². The van der Waals surface area contributed by atoms with Crippen LogP contribution in [0.1, 0.15) is 91.2 Å². The number of rotatable bonds is 42.